The summed E-state index contributed by atoms with van der Waals surface area (Å²) in [6.45, 7) is 2.89. The van der Waals surface area contributed by atoms with Crippen LogP contribution in [0.4, 0.5) is 0 Å². The first-order valence-corrected chi connectivity index (χ1v) is 21.1. The Bertz CT molecular complexity index is 1230. The van der Waals surface area contributed by atoms with Crippen LogP contribution in [-0.4, -0.2) is 122 Å². The van der Waals surface area contributed by atoms with Crippen molar-refractivity contribution in [3.8, 4) is 0 Å². The molecule has 0 aliphatic carbocycles. The van der Waals surface area contributed by atoms with Gasteiger partial charge in [-0.15, -0.1) is 0 Å². The number of carbonyl (C=O) groups is 8. The minimum atomic E-state index is -0.393. The number of hydrogen-bond donors (Lipinski definition) is 7. The maximum absolute atomic E-state index is 11.7. The van der Waals surface area contributed by atoms with Gasteiger partial charge in [-0.1, -0.05) is 22.3 Å². The summed E-state index contributed by atoms with van der Waals surface area (Å²) in [6.07, 6.45) is 9.35. The topological polar surface area (TPSA) is 269 Å². The molecule has 0 aromatic rings. The molecule has 2 rings (SSSR count). The molecule has 17 nitrogen and oxygen atoms in total. The van der Waals surface area contributed by atoms with Gasteiger partial charge in [0, 0.05) is 84.1 Å². The number of nitrogens with two attached hydrogens (primary N) is 3. The smallest absolute Gasteiger partial charge is 0.253 e. The summed E-state index contributed by atoms with van der Waals surface area (Å²) in [6, 6.07) is -0.481. The zero-order chi connectivity index (χ0) is 39.9. The van der Waals surface area contributed by atoms with Gasteiger partial charge in [0.1, 0.15) is 5.78 Å². The van der Waals surface area contributed by atoms with Crippen molar-refractivity contribution < 1.29 is 38.4 Å². The molecular weight excluding hydrogens is 789 g/mol. The van der Waals surface area contributed by atoms with Crippen molar-refractivity contribution in [2.75, 3.05) is 53.5 Å². The van der Waals surface area contributed by atoms with Crippen molar-refractivity contribution in [2.24, 2.45) is 17.2 Å². The summed E-state index contributed by atoms with van der Waals surface area (Å²) >= 11 is 8.82. The predicted molar refractivity (Wildman–Crippen MR) is 227 cm³/mol. The fourth-order valence-electron chi connectivity index (χ4n) is 4.52. The highest BCUT2D eigenvalue weighted by Crippen LogP contribution is 2.10. The van der Waals surface area contributed by atoms with E-state index in [9.17, 15) is 38.4 Å². The lowest BCUT2D eigenvalue weighted by Gasteiger charge is -2.15. The first kappa shape index (κ1) is 61.1. The number of carbonyl (C=O) groups excluding carboxylic acids is 8. The zero-order valence-electron chi connectivity index (χ0n) is 30.0. The molecule has 0 bridgehead atoms. The summed E-state index contributed by atoms with van der Waals surface area (Å²) < 4.78 is 0. The first-order chi connectivity index (χ1) is 24.9. The zero-order valence-corrected chi connectivity index (χ0v) is 33.4. The molecule has 2 atom stereocenters. The number of amides is 6. The highest BCUT2D eigenvalue weighted by molar-refractivity contribution is 8.40. The molecule has 2 heterocycles. The van der Waals surface area contributed by atoms with Crippen LogP contribution in [0.3, 0.4) is 0 Å². The molecule has 0 saturated heterocycles. The van der Waals surface area contributed by atoms with Gasteiger partial charge >= 0.3 is 0 Å². The molecule has 2 aliphatic heterocycles. The molecule has 10 N–H and O–H groups in total. The quantitative estimate of drug-likeness (QED) is 0.0327. The highest BCUT2D eigenvalue weighted by Gasteiger charge is 2.24. The maximum atomic E-state index is 11.7. The lowest BCUT2D eigenvalue weighted by molar-refractivity contribution is -0.139. The van der Waals surface area contributed by atoms with Gasteiger partial charge in [-0.25, -0.2) is 0 Å². The number of nitrogens with zero attached hydrogens (tertiary/aromatic N) is 2. The van der Waals surface area contributed by atoms with Crippen LogP contribution >= 0.6 is 14.1 Å². The van der Waals surface area contributed by atoms with Crippen LogP contribution in [0.1, 0.15) is 80.6 Å². The Morgan fingerprint density at radius 1 is 0.691 bits per heavy atom. The van der Waals surface area contributed by atoms with Crippen LogP contribution in [0.5, 0.6) is 0 Å². The molecule has 0 unspecified atom stereocenters. The third-order valence-corrected chi connectivity index (χ3v) is 9.90. The Balaban J connectivity index is -0.000000253. The van der Waals surface area contributed by atoms with Gasteiger partial charge in [0.2, 0.25) is 11.8 Å². The second-order valence-electron chi connectivity index (χ2n) is 10.8. The van der Waals surface area contributed by atoms with E-state index in [1.165, 1.54) is 31.4 Å². The van der Waals surface area contributed by atoms with E-state index in [0.29, 0.717) is 25.9 Å². The molecule has 21 heteroatoms. The van der Waals surface area contributed by atoms with Gasteiger partial charge in [-0.3, -0.25) is 53.5 Å². The van der Waals surface area contributed by atoms with Crippen molar-refractivity contribution in [2.45, 2.75) is 92.7 Å². The van der Waals surface area contributed by atoms with Gasteiger partial charge < -0.3 is 33.2 Å². The number of ketones is 2. The van der Waals surface area contributed by atoms with Gasteiger partial charge in [-0.05, 0) is 83.2 Å². The molecule has 0 aromatic carbocycles. The Hall–Kier alpha value is -3.12. The van der Waals surface area contributed by atoms with E-state index in [1.807, 2.05) is 0 Å². The molecule has 0 aromatic heterocycles. The Labute approximate surface area is 340 Å². The van der Waals surface area contributed by atoms with Crippen molar-refractivity contribution in [3.05, 3.63) is 24.3 Å². The van der Waals surface area contributed by atoms with Gasteiger partial charge in [-0.2, -0.15) is 0 Å². The normalized spacial score (nSPS) is 13.4. The van der Waals surface area contributed by atoms with E-state index in [4.69, 9.17) is 11.5 Å². The van der Waals surface area contributed by atoms with Crippen LogP contribution in [0.25, 0.3) is 0 Å². The van der Waals surface area contributed by atoms with Crippen LogP contribution in [0, 0.1) is 0 Å². The number of likely N-dealkylation sites (N-methyl/N-ethyl adjacent to an activating group) is 1. The Kier molecular flexibility index (Phi) is 43.5. The second kappa shape index (κ2) is 39.1. The molecule has 0 saturated carbocycles. The second-order valence-corrected chi connectivity index (χ2v) is 15.0. The SMILES string of the molecule is C.C.C.CN.CN[C@@H](CCCCNC(=O)CCN1C(=O)C=CC1=O)C(C)=O.NCN[C@@H](CCCCNC(=O)CCN1C(=O)C=CC1=O)C(=O)CN.S=PP=S. The molecule has 316 valence electrons. The number of imide groups is 2. The van der Waals surface area contributed by atoms with Crippen molar-refractivity contribution >= 4 is 84.7 Å². The Morgan fingerprint density at radius 3 is 1.35 bits per heavy atom. The lowest BCUT2D eigenvalue weighted by atomic mass is 10.1. The van der Waals surface area contributed by atoms with Crippen molar-refractivity contribution in [1.29, 1.82) is 0 Å². The van der Waals surface area contributed by atoms with Gasteiger partial charge in [0.15, 0.2) is 5.78 Å². The number of unbranched alkanes of at least 4 members (excludes halogenated alkanes) is 2. The van der Waals surface area contributed by atoms with Crippen LogP contribution in [0.15, 0.2) is 24.3 Å². The minimum absolute atomic E-state index is 0. The van der Waals surface area contributed by atoms with Gasteiger partial charge in [0.25, 0.3) is 23.6 Å². The van der Waals surface area contributed by atoms with E-state index in [-0.39, 0.29) is 109 Å². The monoisotopic (exact) mass is 853 g/mol. The fourth-order valence-corrected chi connectivity index (χ4v) is 4.52. The standard InChI is InChI=1S/C15H25N5O4.C15H23N3O4.CH5N.3CH4.P2S2/c16-9-12(21)11(19-10-17)3-1-2-7-18-13(22)6-8-20-14(23)4-5-15(20)24;1-11(19)12(16-2)5-3-4-9-17-13(20)8-10-18-14(21)6-7-15(18)22;1-2;;;;3-1-2-4/h4-5,11,19H,1-3,6-10,16-17H2,(H,18,22);6-7,12,16H,3-5,8-10H2,1-2H3,(H,17,20);2H2,1H3;3*1H4;/t11-;12-;;;;;/m00...../s1. The third kappa shape index (κ3) is 28.9. The van der Waals surface area contributed by atoms with E-state index in [0.717, 1.165) is 49.6 Å². The average molecular weight is 854 g/mol. The number of rotatable bonds is 23. The highest BCUT2D eigenvalue weighted by atomic mass is 32.7. The summed E-state index contributed by atoms with van der Waals surface area (Å²) in [5.74, 6) is -1.92. The van der Waals surface area contributed by atoms with E-state index < -0.39 is 11.8 Å². The van der Waals surface area contributed by atoms with Crippen molar-refractivity contribution in [3.63, 3.8) is 0 Å². The predicted octanol–water partition coefficient (Wildman–Crippen LogP) is 0.956. The third-order valence-electron chi connectivity index (χ3n) is 7.24. The maximum Gasteiger partial charge on any atom is 0.253 e. The lowest BCUT2D eigenvalue weighted by Crippen LogP contribution is -2.42. The fraction of sp³-hybridized carbons (Fsp3) is 0.647. The van der Waals surface area contributed by atoms with Crippen molar-refractivity contribution in [1.82, 2.24) is 31.1 Å². The van der Waals surface area contributed by atoms with E-state index in [1.54, 1.807) is 14.0 Å². The Morgan fingerprint density at radius 2 is 1.05 bits per heavy atom. The number of Topliss-reactive ketones (excluding diaryl/α,β-unsaturated/α-hetero) is 2. The number of hydrogen-bond acceptors (Lipinski definition) is 15. The molecule has 6 amide bonds. The van der Waals surface area contributed by atoms with Crippen LogP contribution in [0.2, 0.25) is 0 Å². The molecule has 0 radical (unpaired) electrons. The summed E-state index contributed by atoms with van der Waals surface area (Å²) in [4.78, 5) is 93.4. The van der Waals surface area contributed by atoms with E-state index >= 15 is 0 Å². The average Bonchev–Trinajstić information content (AvgIpc) is 3.64. The molecule has 0 spiro atoms. The van der Waals surface area contributed by atoms with Crippen LogP contribution in [-0.2, 0) is 62.0 Å². The molecule has 0 fully saturated rings. The minimum Gasteiger partial charge on any atom is -0.356 e. The summed E-state index contributed by atoms with van der Waals surface area (Å²) in [7, 11) is 4.99. The summed E-state index contributed by atoms with van der Waals surface area (Å²) in [5, 5.41) is 11.3. The van der Waals surface area contributed by atoms with E-state index in [2.05, 4.69) is 50.6 Å². The first-order valence-electron chi connectivity index (χ1n) is 16.5. The number of nitrogens with one attached hydrogen (secondary N) is 4. The van der Waals surface area contributed by atoms with Gasteiger partial charge in [0.05, 0.1) is 18.6 Å². The largest absolute Gasteiger partial charge is 0.356 e. The summed E-state index contributed by atoms with van der Waals surface area (Å²) in [5.41, 5.74) is 15.2. The molecule has 55 heavy (non-hydrogen) atoms. The van der Waals surface area contributed by atoms with Crippen LogP contribution < -0.4 is 38.5 Å². The molecular formula is C34H65N9O8P2S2. The molecule has 2 aliphatic rings.